The molecule has 1 unspecified atom stereocenters. The second-order valence-electron chi connectivity index (χ2n) is 6.39. The number of benzene rings is 2. The number of rotatable bonds is 6. The molecule has 0 saturated carbocycles. The molecule has 5 nitrogen and oxygen atoms in total. The van der Waals surface area contributed by atoms with Crippen molar-refractivity contribution in [1.82, 2.24) is 4.90 Å². The molecule has 0 bridgehead atoms. The van der Waals surface area contributed by atoms with Gasteiger partial charge in [0.2, 0.25) is 0 Å². The Labute approximate surface area is 153 Å². The summed E-state index contributed by atoms with van der Waals surface area (Å²) in [5, 5.41) is 0. The zero-order valence-corrected chi connectivity index (χ0v) is 15.1. The van der Waals surface area contributed by atoms with E-state index in [0.717, 1.165) is 30.7 Å². The van der Waals surface area contributed by atoms with Crippen LogP contribution in [-0.4, -0.2) is 36.9 Å². The quantitative estimate of drug-likeness (QED) is 0.744. The lowest BCUT2D eigenvalue weighted by Gasteiger charge is -2.25. The van der Waals surface area contributed by atoms with Crippen LogP contribution in [0.25, 0.3) is 0 Å². The molecule has 1 heterocycles. The molecular formula is C21H23NO4. The third-order valence-electron chi connectivity index (χ3n) is 4.67. The van der Waals surface area contributed by atoms with Gasteiger partial charge in [0.15, 0.2) is 12.4 Å². The zero-order valence-electron chi connectivity index (χ0n) is 15.1. The van der Waals surface area contributed by atoms with Crippen molar-refractivity contribution in [3.8, 4) is 11.5 Å². The fourth-order valence-electron chi connectivity index (χ4n) is 3.27. The summed E-state index contributed by atoms with van der Waals surface area (Å²) in [6.45, 7) is 2.23. The van der Waals surface area contributed by atoms with Crippen LogP contribution in [0.5, 0.6) is 11.5 Å². The van der Waals surface area contributed by atoms with Crippen molar-refractivity contribution in [3.05, 3.63) is 59.7 Å². The number of ketones is 1. The average Bonchev–Trinajstić information content (AvgIpc) is 3.16. The van der Waals surface area contributed by atoms with Crippen molar-refractivity contribution in [3.63, 3.8) is 0 Å². The molecule has 5 heteroatoms. The maximum Gasteiger partial charge on any atom is 0.261 e. The highest BCUT2D eigenvalue weighted by atomic mass is 16.5. The molecule has 1 saturated heterocycles. The average molecular weight is 353 g/mol. The van der Waals surface area contributed by atoms with Crippen LogP contribution in [0.3, 0.4) is 0 Å². The topological polar surface area (TPSA) is 55.8 Å². The molecule has 26 heavy (non-hydrogen) atoms. The highest BCUT2D eigenvalue weighted by Gasteiger charge is 2.30. The summed E-state index contributed by atoms with van der Waals surface area (Å²) in [7, 11) is 1.64. The lowest BCUT2D eigenvalue weighted by atomic mass is 10.0. The lowest BCUT2D eigenvalue weighted by molar-refractivity contribution is -0.134. The molecule has 0 radical (unpaired) electrons. The first-order chi connectivity index (χ1) is 12.6. The Kier molecular flexibility index (Phi) is 5.56. The van der Waals surface area contributed by atoms with Crippen LogP contribution in [0.2, 0.25) is 0 Å². The molecule has 3 rings (SSSR count). The Balaban J connectivity index is 1.63. The molecule has 0 spiro atoms. The number of Topliss-reactive ketones (excluding diaryl/α,β-unsaturated/α-hetero) is 1. The van der Waals surface area contributed by atoms with Crippen molar-refractivity contribution in [2.24, 2.45) is 0 Å². The number of methoxy groups -OCH3 is 1. The van der Waals surface area contributed by atoms with Gasteiger partial charge in [-0.15, -0.1) is 0 Å². The van der Waals surface area contributed by atoms with Gasteiger partial charge in [0, 0.05) is 12.1 Å². The summed E-state index contributed by atoms with van der Waals surface area (Å²) in [4.78, 5) is 25.8. The monoisotopic (exact) mass is 353 g/mol. The second-order valence-corrected chi connectivity index (χ2v) is 6.39. The number of amides is 1. The maximum absolute atomic E-state index is 12.6. The van der Waals surface area contributed by atoms with Gasteiger partial charge in [0.1, 0.15) is 11.5 Å². The molecule has 1 fully saturated rings. The zero-order chi connectivity index (χ0) is 18.5. The first-order valence-corrected chi connectivity index (χ1v) is 8.75. The minimum atomic E-state index is -0.0361. The standard InChI is InChI=1S/C21H23NO4/c1-15(23)16-8-10-18(11-9-16)26-14-21(24)22-12-4-7-20(22)17-5-3-6-19(13-17)25-2/h3,5-6,8-11,13,20H,4,7,12,14H2,1-2H3. The van der Waals surface area contributed by atoms with Gasteiger partial charge < -0.3 is 14.4 Å². The summed E-state index contributed by atoms with van der Waals surface area (Å²) in [5.74, 6) is 1.35. The van der Waals surface area contributed by atoms with Gasteiger partial charge >= 0.3 is 0 Å². The molecule has 0 aromatic heterocycles. The van der Waals surface area contributed by atoms with E-state index in [-0.39, 0.29) is 24.3 Å². The Hall–Kier alpha value is -2.82. The van der Waals surface area contributed by atoms with Crippen molar-refractivity contribution in [2.75, 3.05) is 20.3 Å². The van der Waals surface area contributed by atoms with Gasteiger partial charge in [0.05, 0.1) is 13.2 Å². The van der Waals surface area contributed by atoms with Gasteiger partial charge in [-0.25, -0.2) is 0 Å². The van der Waals surface area contributed by atoms with Gasteiger partial charge in [-0.3, -0.25) is 9.59 Å². The van der Waals surface area contributed by atoms with Crippen molar-refractivity contribution < 1.29 is 19.1 Å². The van der Waals surface area contributed by atoms with Gasteiger partial charge in [-0.1, -0.05) is 12.1 Å². The van der Waals surface area contributed by atoms with Crippen LogP contribution in [0.1, 0.15) is 41.7 Å². The minimum Gasteiger partial charge on any atom is -0.497 e. The fourth-order valence-corrected chi connectivity index (χ4v) is 3.27. The first kappa shape index (κ1) is 18.0. The third-order valence-corrected chi connectivity index (χ3v) is 4.67. The van der Waals surface area contributed by atoms with E-state index in [1.54, 1.807) is 31.4 Å². The maximum atomic E-state index is 12.6. The molecule has 0 aliphatic carbocycles. The van der Waals surface area contributed by atoms with Crippen molar-refractivity contribution in [2.45, 2.75) is 25.8 Å². The van der Waals surface area contributed by atoms with Gasteiger partial charge in [0.25, 0.3) is 5.91 Å². The van der Waals surface area contributed by atoms with E-state index < -0.39 is 0 Å². The number of carbonyl (C=O) groups is 2. The van der Waals surface area contributed by atoms with Gasteiger partial charge in [-0.05, 0) is 61.7 Å². The number of ether oxygens (including phenoxy) is 2. The Morgan fingerprint density at radius 2 is 1.88 bits per heavy atom. The van der Waals surface area contributed by atoms with E-state index >= 15 is 0 Å². The molecule has 1 atom stereocenters. The smallest absolute Gasteiger partial charge is 0.261 e. The Morgan fingerprint density at radius 3 is 2.58 bits per heavy atom. The minimum absolute atomic E-state index is 0.00539. The summed E-state index contributed by atoms with van der Waals surface area (Å²) < 4.78 is 10.9. The summed E-state index contributed by atoms with van der Waals surface area (Å²) in [6.07, 6.45) is 1.91. The Morgan fingerprint density at radius 1 is 1.12 bits per heavy atom. The molecule has 136 valence electrons. The summed E-state index contributed by atoms with van der Waals surface area (Å²) >= 11 is 0. The predicted molar refractivity (Wildman–Crippen MR) is 98.6 cm³/mol. The van der Waals surface area contributed by atoms with E-state index in [1.165, 1.54) is 6.92 Å². The highest BCUT2D eigenvalue weighted by molar-refractivity contribution is 5.94. The number of carbonyl (C=O) groups excluding carboxylic acids is 2. The predicted octanol–water partition coefficient (Wildman–Crippen LogP) is 3.64. The van der Waals surface area contributed by atoms with Crippen molar-refractivity contribution >= 4 is 11.7 Å². The van der Waals surface area contributed by atoms with E-state index in [1.807, 2.05) is 29.2 Å². The van der Waals surface area contributed by atoms with Crippen LogP contribution in [-0.2, 0) is 4.79 Å². The number of likely N-dealkylation sites (tertiary alicyclic amines) is 1. The van der Waals surface area contributed by atoms with Crippen LogP contribution in [0, 0.1) is 0 Å². The van der Waals surface area contributed by atoms with E-state index in [0.29, 0.717) is 11.3 Å². The normalized spacial score (nSPS) is 16.4. The molecule has 2 aromatic carbocycles. The molecule has 0 N–H and O–H groups in total. The van der Waals surface area contributed by atoms with E-state index in [4.69, 9.17) is 9.47 Å². The SMILES string of the molecule is COc1cccc(C2CCCN2C(=O)COc2ccc(C(C)=O)cc2)c1. The second kappa shape index (κ2) is 8.04. The molecule has 1 aliphatic rings. The molecular weight excluding hydrogens is 330 g/mol. The first-order valence-electron chi connectivity index (χ1n) is 8.75. The van der Waals surface area contributed by atoms with Gasteiger partial charge in [-0.2, -0.15) is 0 Å². The van der Waals surface area contributed by atoms with Crippen LogP contribution in [0.4, 0.5) is 0 Å². The molecule has 1 aliphatic heterocycles. The number of hydrogen-bond acceptors (Lipinski definition) is 4. The van der Waals surface area contributed by atoms with Crippen LogP contribution in [0.15, 0.2) is 48.5 Å². The molecule has 2 aromatic rings. The van der Waals surface area contributed by atoms with Crippen LogP contribution < -0.4 is 9.47 Å². The number of hydrogen-bond donors (Lipinski definition) is 0. The highest BCUT2D eigenvalue weighted by Crippen LogP contribution is 2.33. The van der Waals surface area contributed by atoms with Crippen molar-refractivity contribution in [1.29, 1.82) is 0 Å². The third kappa shape index (κ3) is 4.04. The van der Waals surface area contributed by atoms with E-state index in [9.17, 15) is 9.59 Å². The largest absolute Gasteiger partial charge is 0.497 e. The summed E-state index contributed by atoms with van der Waals surface area (Å²) in [5.41, 5.74) is 1.71. The van der Waals surface area contributed by atoms with E-state index in [2.05, 4.69) is 0 Å². The van der Waals surface area contributed by atoms with Crippen LogP contribution >= 0.6 is 0 Å². The lowest BCUT2D eigenvalue weighted by Crippen LogP contribution is -2.34. The number of nitrogens with zero attached hydrogens (tertiary/aromatic N) is 1. The fraction of sp³-hybridized carbons (Fsp3) is 0.333. The summed E-state index contributed by atoms with van der Waals surface area (Å²) in [6, 6.07) is 14.8. The molecule has 1 amide bonds. The Bertz CT molecular complexity index is 785.